The molecule has 3 rings (SSSR count). The molecule has 0 unspecified atom stereocenters. The first-order chi connectivity index (χ1) is 16.0. The van der Waals surface area contributed by atoms with Gasteiger partial charge in [0.1, 0.15) is 17.5 Å². The lowest BCUT2D eigenvalue weighted by Crippen LogP contribution is -2.32. The number of aliphatic hydroxyl groups is 1. The van der Waals surface area contributed by atoms with Crippen LogP contribution in [0.2, 0.25) is 0 Å². The summed E-state index contributed by atoms with van der Waals surface area (Å²) in [5.74, 6) is -3.42. The minimum absolute atomic E-state index is 0.0170. The second kappa shape index (κ2) is 9.94. The van der Waals surface area contributed by atoms with Crippen LogP contribution in [0.15, 0.2) is 48.7 Å². The van der Waals surface area contributed by atoms with Crippen molar-refractivity contribution in [2.24, 2.45) is 0 Å². The molecule has 3 aromatic rings. The predicted molar refractivity (Wildman–Crippen MR) is 122 cm³/mol. The molecule has 0 bridgehead atoms. The first kappa shape index (κ1) is 24.7. The van der Waals surface area contributed by atoms with Gasteiger partial charge in [0.2, 0.25) is 0 Å². The highest BCUT2D eigenvalue weighted by molar-refractivity contribution is 6.00. The smallest absolute Gasteiger partial charge is 0.284 e. The van der Waals surface area contributed by atoms with Crippen molar-refractivity contribution in [3.8, 4) is 11.1 Å². The Bertz CT molecular complexity index is 1230. The molecule has 2 aromatic carbocycles. The maximum atomic E-state index is 13.4. The number of nitrogens with one attached hydrogen (secondary N) is 1. The number of carbonyl (C=O) groups is 2. The number of rotatable bonds is 6. The van der Waals surface area contributed by atoms with E-state index in [9.17, 15) is 28.7 Å². The summed E-state index contributed by atoms with van der Waals surface area (Å²) >= 11 is 0. The van der Waals surface area contributed by atoms with E-state index >= 15 is 0 Å². The summed E-state index contributed by atoms with van der Waals surface area (Å²) in [4.78, 5) is 29.0. The number of pyridine rings is 1. The molecule has 1 heterocycles. The molecule has 34 heavy (non-hydrogen) atoms. The number of aliphatic hydroxyl groups excluding tert-OH is 1. The number of halogens is 2. The Kier molecular flexibility index (Phi) is 7.23. The topological polar surface area (TPSA) is 129 Å². The van der Waals surface area contributed by atoms with Crippen molar-refractivity contribution in [2.45, 2.75) is 32.9 Å². The Morgan fingerprint density at radius 1 is 1.09 bits per heavy atom. The van der Waals surface area contributed by atoms with Crippen LogP contribution in [0, 0.1) is 18.6 Å². The predicted octanol–water partition coefficient (Wildman–Crippen LogP) is 3.51. The molecule has 1 aromatic heterocycles. The Balaban J connectivity index is 1.87. The van der Waals surface area contributed by atoms with Gasteiger partial charge in [-0.3, -0.25) is 14.8 Å². The summed E-state index contributed by atoms with van der Waals surface area (Å²) in [6, 6.07) is 8.16. The van der Waals surface area contributed by atoms with Crippen molar-refractivity contribution in [2.75, 3.05) is 10.8 Å². The van der Waals surface area contributed by atoms with E-state index in [2.05, 4.69) is 10.3 Å². The maximum Gasteiger partial charge on any atom is 0.284 e. The van der Waals surface area contributed by atoms with Gasteiger partial charge in [-0.25, -0.2) is 13.8 Å². The van der Waals surface area contributed by atoms with Crippen LogP contribution >= 0.6 is 0 Å². The summed E-state index contributed by atoms with van der Waals surface area (Å²) in [6.07, 6.45) is -0.494. The number of carbonyl (C=O) groups excluding carboxylic acids is 2. The Morgan fingerprint density at radius 3 is 2.32 bits per heavy atom. The first-order valence-electron chi connectivity index (χ1n) is 10.3. The number of amides is 2. The number of hydrogen-bond donors (Lipinski definition) is 4. The lowest BCUT2D eigenvalue weighted by molar-refractivity contribution is -0.132. The van der Waals surface area contributed by atoms with Crippen molar-refractivity contribution in [3.63, 3.8) is 0 Å². The molecule has 0 radical (unpaired) electrons. The molecule has 0 aliphatic heterocycles. The van der Waals surface area contributed by atoms with Gasteiger partial charge in [-0.2, -0.15) is 5.06 Å². The summed E-state index contributed by atoms with van der Waals surface area (Å²) in [5.41, 5.74) is 7.59. The number of nitrogens with zero attached hydrogens (tertiary/aromatic N) is 2. The van der Waals surface area contributed by atoms with E-state index in [1.165, 1.54) is 18.3 Å². The third kappa shape index (κ3) is 5.36. The first-order valence-corrected chi connectivity index (χ1v) is 10.3. The molecule has 0 saturated carbocycles. The van der Waals surface area contributed by atoms with Gasteiger partial charge in [-0.15, -0.1) is 0 Å². The van der Waals surface area contributed by atoms with E-state index in [0.717, 1.165) is 12.1 Å². The van der Waals surface area contributed by atoms with E-state index in [0.29, 0.717) is 22.8 Å². The van der Waals surface area contributed by atoms with Crippen molar-refractivity contribution >= 4 is 23.3 Å². The number of benzene rings is 2. The van der Waals surface area contributed by atoms with Crippen LogP contribution < -0.4 is 16.1 Å². The zero-order valence-electron chi connectivity index (χ0n) is 18.7. The molecule has 5 N–H and O–H groups in total. The number of nitrogens with two attached hydrogens (primary N) is 1. The molecular formula is C24H24F2N4O4. The Morgan fingerprint density at radius 2 is 1.74 bits per heavy atom. The maximum absolute atomic E-state index is 13.4. The van der Waals surface area contributed by atoms with Crippen molar-refractivity contribution in [1.29, 1.82) is 0 Å². The van der Waals surface area contributed by atoms with Crippen molar-refractivity contribution < 1.29 is 28.7 Å². The Labute approximate surface area is 194 Å². The number of hydrogen-bond acceptors (Lipinski definition) is 6. The van der Waals surface area contributed by atoms with Gasteiger partial charge < -0.3 is 16.2 Å². The van der Waals surface area contributed by atoms with Crippen LogP contribution in [-0.4, -0.2) is 33.2 Å². The second-order valence-electron chi connectivity index (χ2n) is 8.04. The zero-order chi connectivity index (χ0) is 25.2. The van der Waals surface area contributed by atoms with Crippen LogP contribution in [0.4, 0.5) is 20.3 Å². The molecule has 10 heteroatoms. The molecule has 0 fully saturated rings. The van der Waals surface area contributed by atoms with Crippen LogP contribution in [0.25, 0.3) is 11.1 Å². The number of aryl methyl sites for hydroxylation is 1. The largest absolute Gasteiger partial charge is 0.383 e. The van der Waals surface area contributed by atoms with Crippen molar-refractivity contribution in [1.82, 2.24) is 10.3 Å². The highest BCUT2D eigenvalue weighted by atomic mass is 19.1. The van der Waals surface area contributed by atoms with Crippen LogP contribution in [0.1, 0.15) is 41.4 Å². The van der Waals surface area contributed by atoms with E-state index < -0.39 is 23.6 Å². The number of nitrogen functional groups attached to an aromatic ring is 1. The third-order valence-electron chi connectivity index (χ3n) is 4.99. The molecule has 0 aliphatic carbocycles. The molecule has 178 valence electrons. The molecule has 0 saturated heterocycles. The second-order valence-corrected chi connectivity index (χ2v) is 8.04. The normalized spacial score (nSPS) is 11.9. The lowest BCUT2D eigenvalue weighted by atomic mass is 9.99. The van der Waals surface area contributed by atoms with Gasteiger partial charge >= 0.3 is 0 Å². The van der Waals surface area contributed by atoms with Crippen LogP contribution in [0.3, 0.4) is 0 Å². The monoisotopic (exact) mass is 470 g/mol. The SMILES string of the molecule is Cc1cc(N(O)C(=O)[C@H](O)c2cc(F)cc(F)c2)ccc1-c1cnc(N)c(C(=O)NC(C)C)c1. The Hall–Kier alpha value is -3.89. The standard InChI is InChI=1S/C24H24F2N4O4/c1-12(2)29-23(32)20-9-15(11-28-22(20)27)19-5-4-18(6-13(19)3)30(34)24(33)21(31)14-7-16(25)10-17(26)8-14/h4-12,21,31,34H,1-3H3,(H2,27,28)(H,29,32)/t21-/m1/s1. The minimum atomic E-state index is -1.99. The third-order valence-corrected chi connectivity index (χ3v) is 4.99. The van der Waals surface area contributed by atoms with E-state index in [-0.39, 0.29) is 39.6 Å². The van der Waals surface area contributed by atoms with Gasteiger partial charge in [-0.1, -0.05) is 6.07 Å². The van der Waals surface area contributed by atoms with Gasteiger partial charge in [0.05, 0.1) is 11.3 Å². The fourth-order valence-corrected chi connectivity index (χ4v) is 3.37. The zero-order valence-corrected chi connectivity index (χ0v) is 18.7. The molecule has 1 atom stereocenters. The highest BCUT2D eigenvalue weighted by Crippen LogP contribution is 2.29. The molecule has 2 amide bonds. The highest BCUT2D eigenvalue weighted by Gasteiger charge is 2.25. The average Bonchev–Trinajstić information content (AvgIpc) is 2.76. The average molecular weight is 470 g/mol. The lowest BCUT2D eigenvalue weighted by Gasteiger charge is -2.20. The van der Waals surface area contributed by atoms with Gasteiger partial charge in [0.15, 0.2) is 6.10 Å². The van der Waals surface area contributed by atoms with Gasteiger partial charge in [0.25, 0.3) is 11.8 Å². The summed E-state index contributed by atoms with van der Waals surface area (Å²) < 4.78 is 26.8. The molecule has 8 nitrogen and oxygen atoms in total. The van der Waals surface area contributed by atoms with Crippen LogP contribution in [-0.2, 0) is 4.79 Å². The fraction of sp³-hybridized carbons (Fsp3) is 0.208. The minimum Gasteiger partial charge on any atom is -0.383 e. The molecule has 0 aliphatic rings. The summed E-state index contributed by atoms with van der Waals surface area (Å²) in [5, 5.41) is 23.5. The van der Waals surface area contributed by atoms with Crippen LogP contribution in [0.5, 0.6) is 0 Å². The summed E-state index contributed by atoms with van der Waals surface area (Å²) in [7, 11) is 0. The van der Waals surface area contributed by atoms with Gasteiger partial charge in [0, 0.05) is 23.9 Å². The number of hydroxylamine groups is 1. The quantitative estimate of drug-likeness (QED) is 0.322. The fourth-order valence-electron chi connectivity index (χ4n) is 3.37. The van der Waals surface area contributed by atoms with E-state index in [1.54, 1.807) is 19.1 Å². The molecule has 0 spiro atoms. The van der Waals surface area contributed by atoms with E-state index in [4.69, 9.17) is 5.73 Å². The van der Waals surface area contributed by atoms with E-state index in [1.807, 2.05) is 13.8 Å². The number of anilines is 2. The number of aromatic nitrogens is 1. The van der Waals surface area contributed by atoms with Gasteiger partial charge in [-0.05, 0) is 67.8 Å². The van der Waals surface area contributed by atoms with Crippen molar-refractivity contribution in [3.05, 3.63) is 77.0 Å². The molecular weight excluding hydrogens is 446 g/mol. The summed E-state index contributed by atoms with van der Waals surface area (Å²) in [6.45, 7) is 5.34.